The van der Waals surface area contributed by atoms with Gasteiger partial charge in [0.15, 0.2) is 0 Å². The van der Waals surface area contributed by atoms with Crippen LogP contribution in [0, 0.1) is 6.92 Å². The van der Waals surface area contributed by atoms with Crippen molar-refractivity contribution < 1.29 is 0 Å². The van der Waals surface area contributed by atoms with Gasteiger partial charge in [0.2, 0.25) is 0 Å². The Morgan fingerprint density at radius 2 is 2.11 bits per heavy atom. The number of aromatic nitrogens is 4. The van der Waals surface area contributed by atoms with Gasteiger partial charge in [-0.2, -0.15) is 5.10 Å². The molecule has 3 heterocycles. The molecule has 3 aromatic heterocycles. The van der Waals surface area contributed by atoms with Gasteiger partial charge in [0, 0.05) is 30.4 Å². The summed E-state index contributed by atoms with van der Waals surface area (Å²) in [6.07, 6.45) is 10.7. The maximum atomic E-state index is 5.70. The molecule has 0 aliphatic heterocycles. The maximum absolute atomic E-state index is 5.70. The summed E-state index contributed by atoms with van der Waals surface area (Å²) in [7, 11) is 0. The zero-order chi connectivity index (χ0) is 13.2. The summed E-state index contributed by atoms with van der Waals surface area (Å²) in [6, 6.07) is 1.89. The lowest BCUT2D eigenvalue weighted by molar-refractivity contribution is 0.638. The highest BCUT2D eigenvalue weighted by molar-refractivity contribution is 5.55. The van der Waals surface area contributed by atoms with Crippen LogP contribution in [0.25, 0.3) is 5.52 Å². The topological polar surface area (TPSA) is 81.1 Å². The second kappa shape index (κ2) is 4.75. The highest BCUT2D eigenvalue weighted by atomic mass is 15.3. The van der Waals surface area contributed by atoms with Gasteiger partial charge in [0.1, 0.15) is 0 Å². The second-order valence-corrected chi connectivity index (χ2v) is 4.40. The largest absolute Gasteiger partial charge is 0.271 e. The Labute approximate surface area is 110 Å². The van der Waals surface area contributed by atoms with Crippen LogP contribution in [0.2, 0.25) is 0 Å². The van der Waals surface area contributed by atoms with Crippen molar-refractivity contribution in [3.63, 3.8) is 0 Å². The van der Waals surface area contributed by atoms with Crippen LogP contribution in [-0.4, -0.2) is 19.6 Å². The van der Waals surface area contributed by atoms with E-state index in [0.29, 0.717) is 0 Å². The van der Waals surface area contributed by atoms with Crippen LogP contribution in [0.1, 0.15) is 22.7 Å². The molecule has 6 nitrogen and oxygen atoms in total. The molecule has 1 atom stereocenters. The fraction of sp³-hybridized carbons (Fsp3) is 0.154. The standard InChI is InChI=1S/C13H14N6/c1-9-4-10(6-16-5-9)13(18-14)11-7-17-19-3-2-15-8-12(11)19/h2-8,13,18H,14H2,1H3. The minimum atomic E-state index is -0.158. The van der Waals surface area contributed by atoms with Gasteiger partial charge >= 0.3 is 0 Å². The smallest absolute Gasteiger partial charge is 0.0896 e. The minimum Gasteiger partial charge on any atom is -0.271 e. The number of nitrogens with two attached hydrogens (primary N) is 1. The van der Waals surface area contributed by atoms with Crippen molar-refractivity contribution in [2.45, 2.75) is 13.0 Å². The van der Waals surface area contributed by atoms with Gasteiger partial charge in [0.25, 0.3) is 0 Å². The van der Waals surface area contributed by atoms with Crippen LogP contribution in [-0.2, 0) is 0 Å². The van der Waals surface area contributed by atoms with E-state index in [1.165, 1.54) is 0 Å². The Morgan fingerprint density at radius 1 is 1.21 bits per heavy atom. The molecule has 96 valence electrons. The Morgan fingerprint density at radius 3 is 2.89 bits per heavy atom. The van der Waals surface area contributed by atoms with E-state index in [9.17, 15) is 0 Å². The first kappa shape index (κ1) is 11.8. The molecule has 0 fully saturated rings. The fourth-order valence-electron chi connectivity index (χ4n) is 2.18. The number of fused-ring (bicyclic) bond motifs is 1. The predicted octanol–water partition coefficient (Wildman–Crippen LogP) is 0.985. The van der Waals surface area contributed by atoms with Crippen LogP contribution in [0.5, 0.6) is 0 Å². The third-order valence-electron chi connectivity index (χ3n) is 3.06. The average Bonchev–Trinajstić information content (AvgIpc) is 2.84. The maximum Gasteiger partial charge on any atom is 0.0896 e. The molecule has 19 heavy (non-hydrogen) atoms. The van der Waals surface area contributed by atoms with Crippen LogP contribution in [0.15, 0.2) is 43.2 Å². The van der Waals surface area contributed by atoms with E-state index in [1.807, 2.05) is 13.1 Å². The average molecular weight is 254 g/mol. The quantitative estimate of drug-likeness (QED) is 0.538. The highest BCUT2D eigenvalue weighted by Crippen LogP contribution is 2.24. The number of pyridine rings is 1. The molecule has 3 rings (SSSR count). The zero-order valence-corrected chi connectivity index (χ0v) is 10.5. The summed E-state index contributed by atoms with van der Waals surface area (Å²) >= 11 is 0. The molecule has 0 spiro atoms. The van der Waals surface area contributed by atoms with Gasteiger partial charge in [-0.25, -0.2) is 9.94 Å². The molecular weight excluding hydrogens is 240 g/mol. The van der Waals surface area contributed by atoms with Gasteiger partial charge in [-0.3, -0.25) is 15.8 Å². The van der Waals surface area contributed by atoms with Crippen molar-refractivity contribution in [1.29, 1.82) is 0 Å². The molecule has 3 N–H and O–H groups in total. The van der Waals surface area contributed by atoms with E-state index in [-0.39, 0.29) is 6.04 Å². The Bertz CT molecular complexity index is 705. The Kier molecular flexibility index (Phi) is 2.94. The predicted molar refractivity (Wildman–Crippen MR) is 71.1 cm³/mol. The van der Waals surface area contributed by atoms with Crippen molar-refractivity contribution in [2.24, 2.45) is 5.84 Å². The molecule has 0 amide bonds. The minimum absolute atomic E-state index is 0.158. The van der Waals surface area contributed by atoms with Gasteiger partial charge in [0.05, 0.1) is 24.0 Å². The van der Waals surface area contributed by atoms with Gasteiger partial charge in [-0.05, 0) is 18.1 Å². The first-order chi connectivity index (χ1) is 9.29. The molecule has 0 aliphatic rings. The molecule has 3 aromatic rings. The second-order valence-electron chi connectivity index (χ2n) is 4.40. The summed E-state index contributed by atoms with van der Waals surface area (Å²) in [5.41, 5.74) is 6.81. The monoisotopic (exact) mass is 254 g/mol. The van der Waals surface area contributed by atoms with Gasteiger partial charge in [-0.1, -0.05) is 6.07 Å². The van der Waals surface area contributed by atoms with Gasteiger partial charge < -0.3 is 0 Å². The number of nitrogens with one attached hydrogen (secondary N) is 1. The Balaban J connectivity index is 2.12. The number of hydrazine groups is 1. The summed E-state index contributed by atoms with van der Waals surface area (Å²) < 4.78 is 1.77. The van der Waals surface area contributed by atoms with E-state index >= 15 is 0 Å². The van der Waals surface area contributed by atoms with E-state index < -0.39 is 0 Å². The Hall–Kier alpha value is -2.31. The molecule has 0 radical (unpaired) electrons. The molecule has 0 saturated heterocycles. The SMILES string of the molecule is Cc1cncc(C(NN)c2cnn3ccncc23)c1. The lowest BCUT2D eigenvalue weighted by Crippen LogP contribution is -2.28. The van der Waals surface area contributed by atoms with Crippen LogP contribution < -0.4 is 11.3 Å². The highest BCUT2D eigenvalue weighted by Gasteiger charge is 2.17. The van der Waals surface area contributed by atoms with E-state index in [0.717, 1.165) is 22.2 Å². The normalized spacial score (nSPS) is 12.7. The van der Waals surface area contributed by atoms with Crippen LogP contribution in [0.4, 0.5) is 0 Å². The van der Waals surface area contributed by atoms with E-state index in [1.54, 1.807) is 35.5 Å². The molecule has 6 heteroatoms. The number of hydrogen-bond acceptors (Lipinski definition) is 5. The summed E-state index contributed by atoms with van der Waals surface area (Å²) in [5.74, 6) is 5.70. The molecule has 0 saturated carbocycles. The first-order valence-corrected chi connectivity index (χ1v) is 5.94. The van der Waals surface area contributed by atoms with Crippen molar-refractivity contribution in [3.05, 3.63) is 59.9 Å². The lowest BCUT2D eigenvalue weighted by Gasteiger charge is -2.15. The van der Waals surface area contributed by atoms with Gasteiger partial charge in [-0.15, -0.1) is 0 Å². The van der Waals surface area contributed by atoms with Crippen molar-refractivity contribution in [3.8, 4) is 0 Å². The van der Waals surface area contributed by atoms with E-state index in [2.05, 4.69) is 26.6 Å². The third kappa shape index (κ3) is 2.07. The molecule has 0 aromatic carbocycles. The number of nitrogens with zero attached hydrogens (tertiary/aromatic N) is 4. The first-order valence-electron chi connectivity index (χ1n) is 5.94. The van der Waals surface area contributed by atoms with Crippen molar-refractivity contribution in [2.75, 3.05) is 0 Å². The lowest BCUT2D eigenvalue weighted by atomic mass is 10.0. The molecule has 0 bridgehead atoms. The summed E-state index contributed by atoms with van der Waals surface area (Å²) in [4.78, 5) is 8.33. The number of aryl methyl sites for hydroxylation is 1. The fourth-order valence-corrected chi connectivity index (χ4v) is 2.18. The van der Waals surface area contributed by atoms with E-state index in [4.69, 9.17) is 5.84 Å². The molecule has 0 aliphatic carbocycles. The summed E-state index contributed by atoms with van der Waals surface area (Å²) in [6.45, 7) is 2.00. The third-order valence-corrected chi connectivity index (χ3v) is 3.06. The van der Waals surface area contributed by atoms with Crippen molar-refractivity contribution in [1.82, 2.24) is 25.0 Å². The zero-order valence-electron chi connectivity index (χ0n) is 10.5. The number of rotatable bonds is 3. The van der Waals surface area contributed by atoms with Crippen molar-refractivity contribution >= 4 is 5.52 Å². The molecular formula is C13H14N6. The molecule has 1 unspecified atom stereocenters. The number of hydrogen-bond donors (Lipinski definition) is 2. The van der Waals surface area contributed by atoms with Crippen LogP contribution >= 0.6 is 0 Å². The van der Waals surface area contributed by atoms with Crippen LogP contribution in [0.3, 0.4) is 0 Å². The summed E-state index contributed by atoms with van der Waals surface area (Å²) in [5, 5.41) is 4.30.